The fourth-order valence-electron chi connectivity index (χ4n) is 2.29. The number of ether oxygens (including phenoxy) is 3. The van der Waals surface area contributed by atoms with Crippen LogP contribution in [0.2, 0.25) is 0 Å². The van der Waals surface area contributed by atoms with Crippen LogP contribution in [-0.2, 0) is 4.79 Å². The third-order valence-electron chi connectivity index (χ3n) is 3.60. The molecule has 1 amide bonds. The number of aryl methyl sites for hydroxylation is 1. The Kier molecular flexibility index (Phi) is 6.07. The van der Waals surface area contributed by atoms with Crippen molar-refractivity contribution in [2.75, 3.05) is 19.5 Å². The van der Waals surface area contributed by atoms with Gasteiger partial charge in [0.2, 0.25) is 0 Å². The Hall–Kier alpha value is -2.69. The standard InChI is InChI=1S/C19H23NO4/c1-5-17(24-15-8-6-7-13(2)11-15)19(21)20-16-10-9-14(22-3)12-18(16)23-4/h6-12,17H,5H2,1-4H3,(H,20,21)/t17-/m0/s1. The van der Waals surface area contributed by atoms with Crippen molar-refractivity contribution >= 4 is 11.6 Å². The number of nitrogens with one attached hydrogen (secondary N) is 1. The molecule has 0 spiro atoms. The summed E-state index contributed by atoms with van der Waals surface area (Å²) in [6.45, 7) is 3.89. The zero-order valence-electron chi connectivity index (χ0n) is 14.5. The quantitative estimate of drug-likeness (QED) is 0.839. The maximum atomic E-state index is 12.5. The molecule has 0 aliphatic heterocycles. The first-order valence-electron chi connectivity index (χ1n) is 7.83. The van der Waals surface area contributed by atoms with Crippen molar-refractivity contribution in [1.82, 2.24) is 0 Å². The van der Waals surface area contributed by atoms with Gasteiger partial charge in [0.15, 0.2) is 6.10 Å². The predicted molar refractivity (Wildman–Crippen MR) is 94.1 cm³/mol. The van der Waals surface area contributed by atoms with Gasteiger partial charge in [0, 0.05) is 6.07 Å². The van der Waals surface area contributed by atoms with Gasteiger partial charge < -0.3 is 19.5 Å². The molecule has 1 N–H and O–H groups in total. The topological polar surface area (TPSA) is 56.8 Å². The lowest BCUT2D eigenvalue weighted by Crippen LogP contribution is -2.32. The van der Waals surface area contributed by atoms with Crippen molar-refractivity contribution in [3.05, 3.63) is 48.0 Å². The SMILES string of the molecule is CC[C@H](Oc1cccc(C)c1)C(=O)Nc1ccc(OC)cc1OC. The van der Waals surface area contributed by atoms with Gasteiger partial charge >= 0.3 is 0 Å². The second-order valence-corrected chi connectivity index (χ2v) is 5.39. The minimum atomic E-state index is -0.585. The Morgan fingerprint density at radius 2 is 1.88 bits per heavy atom. The molecule has 1 atom stereocenters. The molecule has 128 valence electrons. The van der Waals surface area contributed by atoms with Crippen LogP contribution in [0.1, 0.15) is 18.9 Å². The molecule has 0 heterocycles. The molecule has 0 saturated carbocycles. The van der Waals surface area contributed by atoms with Crippen LogP contribution >= 0.6 is 0 Å². The summed E-state index contributed by atoms with van der Waals surface area (Å²) in [6.07, 6.45) is -0.0308. The van der Waals surface area contributed by atoms with Crippen LogP contribution in [-0.4, -0.2) is 26.2 Å². The smallest absolute Gasteiger partial charge is 0.265 e. The molecule has 0 saturated heterocycles. The molecular weight excluding hydrogens is 306 g/mol. The first-order chi connectivity index (χ1) is 11.6. The fourth-order valence-corrected chi connectivity index (χ4v) is 2.29. The van der Waals surface area contributed by atoms with E-state index in [0.717, 1.165) is 5.56 Å². The Bertz CT molecular complexity index is 700. The molecular formula is C19H23NO4. The number of rotatable bonds is 7. The third kappa shape index (κ3) is 4.41. The van der Waals surface area contributed by atoms with Crippen molar-refractivity contribution in [1.29, 1.82) is 0 Å². The number of carbonyl (C=O) groups is 1. The van der Waals surface area contributed by atoms with Crippen molar-refractivity contribution < 1.29 is 19.0 Å². The zero-order valence-corrected chi connectivity index (χ0v) is 14.5. The van der Waals surface area contributed by atoms with Crippen LogP contribution in [0.15, 0.2) is 42.5 Å². The predicted octanol–water partition coefficient (Wildman–Crippen LogP) is 3.81. The molecule has 0 aromatic heterocycles. The van der Waals surface area contributed by atoms with Crippen molar-refractivity contribution in [3.8, 4) is 17.2 Å². The van der Waals surface area contributed by atoms with Gasteiger partial charge in [0.1, 0.15) is 17.2 Å². The van der Waals surface area contributed by atoms with Gasteiger partial charge in [-0.2, -0.15) is 0 Å². The van der Waals surface area contributed by atoms with E-state index in [2.05, 4.69) is 5.32 Å². The zero-order chi connectivity index (χ0) is 17.5. The van der Waals surface area contributed by atoms with Gasteiger partial charge in [-0.15, -0.1) is 0 Å². The largest absolute Gasteiger partial charge is 0.497 e. The molecule has 2 aromatic rings. The lowest BCUT2D eigenvalue weighted by Gasteiger charge is -2.18. The maximum Gasteiger partial charge on any atom is 0.265 e. The van der Waals surface area contributed by atoms with Gasteiger partial charge in [-0.05, 0) is 43.2 Å². The summed E-state index contributed by atoms with van der Waals surface area (Å²) >= 11 is 0. The van der Waals surface area contributed by atoms with Crippen LogP contribution in [0.5, 0.6) is 17.2 Å². The molecule has 5 nitrogen and oxygen atoms in total. The monoisotopic (exact) mass is 329 g/mol. The lowest BCUT2D eigenvalue weighted by atomic mass is 10.2. The van der Waals surface area contributed by atoms with E-state index < -0.39 is 6.10 Å². The van der Waals surface area contributed by atoms with Gasteiger partial charge in [-0.25, -0.2) is 0 Å². The molecule has 0 unspecified atom stereocenters. The minimum Gasteiger partial charge on any atom is -0.497 e. The van der Waals surface area contributed by atoms with Gasteiger partial charge in [-0.3, -0.25) is 4.79 Å². The summed E-state index contributed by atoms with van der Waals surface area (Å²) in [7, 11) is 3.13. The first kappa shape index (κ1) is 17.7. The second kappa shape index (κ2) is 8.24. The van der Waals surface area contributed by atoms with E-state index in [4.69, 9.17) is 14.2 Å². The van der Waals surface area contributed by atoms with Crippen molar-refractivity contribution in [2.24, 2.45) is 0 Å². The lowest BCUT2D eigenvalue weighted by molar-refractivity contribution is -0.122. The summed E-state index contributed by atoms with van der Waals surface area (Å²) < 4.78 is 16.3. The third-order valence-corrected chi connectivity index (χ3v) is 3.60. The van der Waals surface area contributed by atoms with E-state index in [1.165, 1.54) is 0 Å². The molecule has 2 rings (SSSR count). The summed E-state index contributed by atoms with van der Waals surface area (Å²) in [5, 5.41) is 2.85. The minimum absolute atomic E-state index is 0.220. The molecule has 0 bridgehead atoms. The molecule has 5 heteroatoms. The van der Waals surface area contributed by atoms with E-state index in [-0.39, 0.29) is 5.91 Å². The summed E-state index contributed by atoms with van der Waals surface area (Å²) in [5.74, 6) is 1.65. The van der Waals surface area contributed by atoms with Crippen molar-refractivity contribution in [2.45, 2.75) is 26.4 Å². The maximum absolute atomic E-state index is 12.5. The molecule has 2 aromatic carbocycles. The molecule has 0 fully saturated rings. The average Bonchev–Trinajstić information content (AvgIpc) is 2.59. The summed E-state index contributed by atoms with van der Waals surface area (Å²) in [4.78, 5) is 12.5. The highest BCUT2D eigenvalue weighted by Crippen LogP contribution is 2.29. The number of methoxy groups -OCH3 is 2. The first-order valence-corrected chi connectivity index (χ1v) is 7.83. The highest BCUT2D eigenvalue weighted by Gasteiger charge is 2.20. The van der Waals surface area contributed by atoms with E-state index >= 15 is 0 Å². The molecule has 0 aliphatic carbocycles. The number of anilines is 1. The van der Waals surface area contributed by atoms with E-state index in [1.807, 2.05) is 38.1 Å². The number of amides is 1. The Morgan fingerprint density at radius 3 is 2.50 bits per heavy atom. The summed E-state index contributed by atoms with van der Waals surface area (Å²) in [6, 6.07) is 12.9. The number of benzene rings is 2. The van der Waals surface area contributed by atoms with E-state index in [1.54, 1.807) is 32.4 Å². The molecule has 24 heavy (non-hydrogen) atoms. The highest BCUT2D eigenvalue weighted by atomic mass is 16.5. The van der Waals surface area contributed by atoms with Crippen molar-refractivity contribution in [3.63, 3.8) is 0 Å². The van der Waals surface area contributed by atoms with Crippen LogP contribution in [0.4, 0.5) is 5.69 Å². The second-order valence-electron chi connectivity index (χ2n) is 5.39. The van der Waals surface area contributed by atoms with E-state index in [0.29, 0.717) is 29.4 Å². The van der Waals surface area contributed by atoms with Gasteiger partial charge in [-0.1, -0.05) is 19.1 Å². The van der Waals surface area contributed by atoms with Crippen LogP contribution in [0.3, 0.4) is 0 Å². The summed E-state index contributed by atoms with van der Waals surface area (Å²) in [5.41, 5.74) is 1.66. The van der Waals surface area contributed by atoms with Gasteiger partial charge in [0.25, 0.3) is 5.91 Å². The van der Waals surface area contributed by atoms with Gasteiger partial charge in [0.05, 0.1) is 19.9 Å². The van der Waals surface area contributed by atoms with Crippen LogP contribution < -0.4 is 19.5 Å². The number of carbonyl (C=O) groups excluding carboxylic acids is 1. The Labute approximate surface area is 142 Å². The normalized spacial score (nSPS) is 11.5. The molecule has 0 aliphatic rings. The number of hydrogen-bond acceptors (Lipinski definition) is 4. The van der Waals surface area contributed by atoms with Crippen LogP contribution in [0.25, 0.3) is 0 Å². The highest BCUT2D eigenvalue weighted by molar-refractivity contribution is 5.95. The van der Waals surface area contributed by atoms with Crippen LogP contribution in [0, 0.1) is 6.92 Å². The Morgan fingerprint density at radius 1 is 1.08 bits per heavy atom. The Balaban J connectivity index is 2.12. The average molecular weight is 329 g/mol. The molecule has 0 radical (unpaired) electrons. The fraction of sp³-hybridized carbons (Fsp3) is 0.316. The number of hydrogen-bond donors (Lipinski definition) is 1. The van der Waals surface area contributed by atoms with E-state index in [9.17, 15) is 4.79 Å².